The van der Waals surface area contributed by atoms with E-state index in [2.05, 4.69) is 19.2 Å². The van der Waals surface area contributed by atoms with Gasteiger partial charge in [0.25, 0.3) is 0 Å². The van der Waals surface area contributed by atoms with Crippen molar-refractivity contribution in [3.8, 4) is 0 Å². The molecule has 1 saturated carbocycles. The van der Waals surface area contributed by atoms with E-state index in [9.17, 15) is 9.50 Å². The Kier molecular flexibility index (Phi) is 3.50. The number of halogens is 1. The zero-order valence-corrected chi connectivity index (χ0v) is 10.4. The fourth-order valence-corrected chi connectivity index (χ4v) is 2.17. The molecule has 17 heavy (non-hydrogen) atoms. The molecule has 0 saturated heterocycles. The second kappa shape index (κ2) is 4.75. The highest BCUT2D eigenvalue weighted by molar-refractivity contribution is 5.20. The molecular formula is C14H20FNO. The zero-order chi connectivity index (χ0) is 12.5. The molecule has 0 aliphatic heterocycles. The lowest BCUT2D eigenvalue weighted by molar-refractivity contribution is 0.169. The third-order valence-electron chi connectivity index (χ3n) is 3.71. The summed E-state index contributed by atoms with van der Waals surface area (Å²) in [7, 11) is 0. The van der Waals surface area contributed by atoms with Crippen molar-refractivity contribution in [2.24, 2.45) is 11.3 Å². The van der Waals surface area contributed by atoms with Gasteiger partial charge in [-0.1, -0.05) is 32.0 Å². The van der Waals surface area contributed by atoms with Gasteiger partial charge in [-0.05, 0) is 30.4 Å². The van der Waals surface area contributed by atoms with Crippen LogP contribution in [0.3, 0.4) is 0 Å². The second-order valence-electron chi connectivity index (χ2n) is 5.59. The summed E-state index contributed by atoms with van der Waals surface area (Å²) in [5.41, 5.74) is 0.811. The topological polar surface area (TPSA) is 32.3 Å². The van der Waals surface area contributed by atoms with Crippen molar-refractivity contribution in [2.75, 3.05) is 13.1 Å². The Morgan fingerprint density at radius 2 is 2.12 bits per heavy atom. The van der Waals surface area contributed by atoms with Crippen LogP contribution in [-0.2, 0) is 0 Å². The maximum Gasteiger partial charge on any atom is 0.129 e. The van der Waals surface area contributed by atoms with E-state index in [1.165, 1.54) is 12.5 Å². The van der Waals surface area contributed by atoms with Gasteiger partial charge in [0.1, 0.15) is 5.82 Å². The molecule has 2 rings (SSSR count). The Morgan fingerprint density at radius 1 is 1.47 bits per heavy atom. The highest BCUT2D eigenvalue weighted by atomic mass is 19.1. The molecule has 1 aliphatic carbocycles. The van der Waals surface area contributed by atoms with Gasteiger partial charge in [-0.3, -0.25) is 0 Å². The van der Waals surface area contributed by atoms with Crippen LogP contribution >= 0.6 is 0 Å². The van der Waals surface area contributed by atoms with Gasteiger partial charge in [-0.25, -0.2) is 4.39 Å². The summed E-state index contributed by atoms with van der Waals surface area (Å²) < 4.78 is 13.4. The molecule has 0 bridgehead atoms. The van der Waals surface area contributed by atoms with E-state index in [1.54, 1.807) is 18.2 Å². The zero-order valence-electron chi connectivity index (χ0n) is 10.4. The Morgan fingerprint density at radius 3 is 2.71 bits per heavy atom. The quantitative estimate of drug-likeness (QED) is 0.824. The van der Waals surface area contributed by atoms with Gasteiger partial charge in [0.15, 0.2) is 0 Å². The molecule has 2 nitrogen and oxygen atoms in total. The summed E-state index contributed by atoms with van der Waals surface area (Å²) in [4.78, 5) is 0. The van der Waals surface area contributed by atoms with Crippen molar-refractivity contribution in [1.82, 2.24) is 5.32 Å². The molecular weight excluding hydrogens is 217 g/mol. The second-order valence-corrected chi connectivity index (χ2v) is 5.59. The first-order valence-electron chi connectivity index (χ1n) is 6.14. The molecule has 0 radical (unpaired) electrons. The third-order valence-corrected chi connectivity index (χ3v) is 3.71. The summed E-state index contributed by atoms with van der Waals surface area (Å²) in [6, 6.07) is 6.38. The predicted octanol–water partition coefficient (Wildman–Crippen LogP) is 2.49. The van der Waals surface area contributed by atoms with Crippen molar-refractivity contribution in [3.63, 3.8) is 0 Å². The predicted molar refractivity (Wildman–Crippen MR) is 66.1 cm³/mol. The fraction of sp³-hybridized carbons (Fsp3) is 0.571. The fourth-order valence-electron chi connectivity index (χ4n) is 2.17. The van der Waals surface area contributed by atoms with E-state index >= 15 is 0 Å². The Balaban J connectivity index is 1.78. The standard InChI is InChI=1S/C14H20FNO/c1-14(2)7-10(14)8-16-9-13(17)11-5-3-4-6-12(11)15/h3-6,10,13,16-17H,7-9H2,1-2H3. The van der Waals surface area contributed by atoms with Crippen molar-refractivity contribution in [2.45, 2.75) is 26.4 Å². The van der Waals surface area contributed by atoms with Crippen LogP contribution in [0, 0.1) is 17.2 Å². The summed E-state index contributed by atoms with van der Waals surface area (Å²) in [5, 5.41) is 13.1. The van der Waals surface area contributed by atoms with E-state index < -0.39 is 6.10 Å². The van der Waals surface area contributed by atoms with Gasteiger partial charge in [-0.2, -0.15) is 0 Å². The first-order chi connectivity index (χ1) is 8.00. The van der Waals surface area contributed by atoms with Crippen LogP contribution in [-0.4, -0.2) is 18.2 Å². The molecule has 1 fully saturated rings. The van der Waals surface area contributed by atoms with Crippen LogP contribution in [0.5, 0.6) is 0 Å². The van der Waals surface area contributed by atoms with Crippen LogP contribution in [0.4, 0.5) is 4.39 Å². The first kappa shape index (κ1) is 12.5. The van der Waals surface area contributed by atoms with Gasteiger partial charge >= 0.3 is 0 Å². The molecule has 2 unspecified atom stereocenters. The van der Waals surface area contributed by atoms with Gasteiger partial charge in [0.05, 0.1) is 6.10 Å². The van der Waals surface area contributed by atoms with E-state index in [-0.39, 0.29) is 5.82 Å². The molecule has 0 aromatic heterocycles. The normalized spacial score (nSPS) is 23.4. The van der Waals surface area contributed by atoms with Crippen LogP contribution < -0.4 is 5.32 Å². The number of nitrogens with one attached hydrogen (secondary N) is 1. The summed E-state index contributed by atoms with van der Waals surface area (Å²) >= 11 is 0. The highest BCUT2D eigenvalue weighted by Gasteiger charge is 2.44. The van der Waals surface area contributed by atoms with E-state index in [0.29, 0.717) is 23.4 Å². The van der Waals surface area contributed by atoms with Gasteiger partial charge in [-0.15, -0.1) is 0 Å². The van der Waals surface area contributed by atoms with Gasteiger partial charge in [0, 0.05) is 12.1 Å². The largest absolute Gasteiger partial charge is 0.387 e. The van der Waals surface area contributed by atoms with Crippen molar-refractivity contribution in [1.29, 1.82) is 0 Å². The maximum atomic E-state index is 13.4. The lowest BCUT2D eigenvalue weighted by Gasteiger charge is -2.13. The lowest BCUT2D eigenvalue weighted by Crippen LogP contribution is -2.25. The van der Waals surface area contributed by atoms with Crippen molar-refractivity contribution >= 4 is 0 Å². The SMILES string of the molecule is CC1(C)CC1CNCC(O)c1ccccc1F. The summed E-state index contributed by atoms with van der Waals surface area (Å²) in [6.07, 6.45) is 0.466. The molecule has 0 amide bonds. The van der Waals surface area contributed by atoms with E-state index in [0.717, 1.165) is 6.54 Å². The van der Waals surface area contributed by atoms with Crippen LogP contribution in [0.2, 0.25) is 0 Å². The number of aliphatic hydroxyl groups is 1. The minimum absolute atomic E-state index is 0.339. The number of benzene rings is 1. The van der Waals surface area contributed by atoms with Crippen molar-refractivity contribution in [3.05, 3.63) is 35.6 Å². The monoisotopic (exact) mass is 237 g/mol. The number of aliphatic hydroxyl groups excluding tert-OH is 1. The Labute approximate surface area is 102 Å². The molecule has 3 heteroatoms. The number of hydrogen-bond donors (Lipinski definition) is 2. The van der Waals surface area contributed by atoms with Crippen LogP contribution in [0.15, 0.2) is 24.3 Å². The highest BCUT2D eigenvalue weighted by Crippen LogP contribution is 2.50. The molecule has 94 valence electrons. The average molecular weight is 237 g/mol. The molecule has 1 aromatic rings. The molecule has 2 N–H and O–H groups in total. The summed E-state index contributed by atoms with van der Waals surface area (Å²) in [5.74, 6) is 0.351. The molecule has 0 heterocycles. The van der Waals surface area contributed by atoms with Gasteiger partial charge in [0.2, 0.25) is 0 Å². The molecule has 1 aromatic carbocycles. The Bertz CT molecular complexity index is 392. The molecule has 1 aliphatic rings. The third kappa shape index (κ3) is 3.05. The lowest BCUT2D eigenvalue weighted by atomic mass is 10.1. The summed E-state index contributed by atoms with van der Waals surface area (Å²) in [6.45, 7) is 5.80. The smallest absolute Gasteiger partial charge is 0.129 e. The number of rotatable bonds is 5. The number of hydrogen-bond acceptors (Lipinski definition) is 2. The van der Waals surface area contributed by atoms with E-state index in [1.807, 2.05) is 0 Å². The molecule has 2 atom stereocenters. The average Bonchev–Trinajstić information content (AvgIpc) is 2.87. The Hall–Kier alpha value is -0.930. The van der Waals surface area contributed by atoms with Crippen LogP contribution in [0.25, 0.3) is 0 Å². The van der Waals surface area contributed by atoms with Crippen molar-refractivity contribution < 1.29 is 9.50 Å². The molecule has 0 spiro atoms. The first-order valence-corrected chi connectivity index (χ1v) is 6.14. The minimum Gasteiger partial charge on any atom is -0.387 e. The minimum atomic E-state index is -0.766. The maximum absolute atomic E-state index is 13.4. The van der Waals surface area contributed by atoms with Crippen LogP contribution in [0.1, 0.15) is 31.9 Å². The van der Waals surface area contributed by atoms with Gasteiger partial charge < -0.3 is 10.4 Å². The van der Waals surface area contributed by atoms with E-state index in [4.69, 9.17) is 0 Å².